The minimum Gasteiger partial charge on any atom is -0.293 e. The summed E-state index contributed by atoms with van der Waals surface area (Å²) >= 11 is 6.14. The Labute approximate surface area is 123 Å². The Kier molecular flexibility index (Phi) is 4.19. The van der Waals surface area contributed by atoms with Crippen molar-refractivity contribution >= 4 is 40.3 Å². The number of nitrogens with zero attached hydrogens (tertiary/aromatic N) is 1. The van der Waals surface area contributed by atoms with Crippen molar-refractivity contribution in [3.8, 4) is 0 Å². The van der Waals surface area contributed by atoms with Gasteiger partial charge in [0.2, 0.25) is 0 Å². The molecule has 0 aliphatic carbocycles. The highest BCUT2D eigenvalue weighted by Gasteiger charge is 2.32. The van der Waals surface area contributed by atoms with Crippen LogP contribution in [0.4, 0.5) is 13.2 Å². The molecule has 106 valence electrons. The van der Waals surface area contributed by atoms with Gasteiger partial charge in [0, 0.05) is 6.54 Å². The molecule has 1 heterocycles. The summed E-state index contributed by atoms with van der Waals surface area (Å²) in [5.41, 5.74) is -0.409. The number of thioether (sulfide) groups is 1. The van der Waals surface area contributed by atoms with Crippen molar-refractivity contribution in [3.05, 3.63) is 40.3 Å². The van der Waals surface area contributed by atoms with Crippen molar-refractivity contribution in [1.82, 2.24) is 4.90 Å². The molecule has 1 aromatic carbocycles. The van der Waals surface area contributed by atoms with Gasteiger partial charge in [-0.2, -0.15) is 13.2 Å². The Morgan fingerprint density at radius 2 is 2.10 bits per heavy atom. The van der Waals surface area contributed by atoms with Crippen molar-refractivity contribution in [3.63, 3.8) is 0 Å². The van der Waals surface area contributed by atoms with E-state index in [1.807, 2.05) is 0 Å². The second-order valence-electron chi connectivity index (χ2n) is 4.05. The Morgan fingerprint density at radius 1 is 1.40 bits per heavy atom. The molecule has 2 rings (SSSR count). The SMILES string of the molecule is CCN1C(=O)/C(=C\c2cccc(C(F)(F)F)c2)SC1=S. The first-order valence-corrected chi connectivity index (χ1v) is 6.98. The first kappa shape index (κ1) is 15.1. The Hall–Kier alpha value is -1.34. The minimum absolute atomic E-state index is 0.264. The molecule has 0 radical (unpaired) electrons. The van der Waals surface area contributed by atoms with E-state index in [2.05, 4.69) is 0 Å². The van der Waals surface area contributed by atoms with Gasteiger partial charge in [-0.1, -0.05) is 36.1 Å². The molecule has 0 unspecified atom stereocenters. The van der Waals surface area contributed by atoms with Crippen LogP contribution in [0.15, 0.2) is 29.2 Å². The fourth-order valence-corrected chi connectivity index (χ4v) is 3.11. The average molecular weight is 317 g/mol. The molecule has 1 fully saturated rings. The molecule has 1 aliphatic heterocycles. The molecule has 0 atom stereocenters. The number of hydrogen-bond donors (Lipinski definition) is 0. The quantitative estimate of drug-likeness (QED) is 0.609. The Morgan fingerprint density at radius 3 is 2.65 bits per heavy atom. The van der Waals surface area contributed by atoms with Crippen LogP contribution in [0.1, 0.15) is 18.1 Å². The van der Waals surface area contributed by atoms with Crippen molar-refractivity contribution in [2.75, 3.05) is 6.54 Å². The summed E-state index contributed by atoms with van der Waals surface area (Å²) in [5.74, 6) is -0.264. The number of alkyl halides is 3. The number of amides is 1. The lowest BCUT2D eigenvalue weighted by molar-refractivity contribution is -0.137. The van der Waals surface area contributed by atoms with Gasteiger partial charge in [-0.3, -0.25) is 9.69 Å². The minimum atomic E-state index is -4.40. The third-order valence-electron chi connectivity index (χ3n) is 2.70. The van der Waals surface area contributed by atoms with Gasteiger partial charge < -0.3 is 0 Å². The predicted octanol–water partition coefficient (Wildman–Crippen LogP) is 3.93. The normalized spacial score (nSPS) is 18.2. The van der Waals surface area contributed by atoms with Gasteiger partial charge in [-0.25, -0.2) is 0 Å². The zero-order chi connectivity index (χ0) is 14.9. The van der Waals surface area contributed by atoms with Crippen molar-refractivity contribution in [2.24, 2.45) is 0 Å². The third kappa shape index (κ3) is 3.04. The van der Waals surface area contributed by atoms with Crippen LogP contribution in [0.2, 0.25) is 0 Å². The maximum absolute atomic E-state index is 12.6. The van der Waals surface area contributed by atoms with Crippen LogP contribution in [-0.4, -0.2) is 21.7 Å². The highest BCUT2D eigenvalue weighted by molar-refractivity contribution is 8.26. The molecule has 1 amide bonds. The monoisotopic (exact) mass is 317 g/mol. The van der Waals surface area contributed by atoms with E-state index in [-0.39, 0.29) is 5.91 Å². The predicted molar refractivity (Wildman–Crippen MR) is 77.0 cm³/mol. The summed E-state index contributed by atoms with van der Waals surface area (Å²) in [6.07, 6.45) is -2.96. The van der Waals surface area contributed by atoms with Crippen LogP contribution in [0.3, 0.4) is 0 Å². The van der Waals surface area contributed by atoms with Gasteiger partial charge in [0.25, 0.3) is 5.91 Å². The first-order valence-electron chi connectivity index (χ1n) is 5.75. The maximum Gasteiger partial charge on any atom is 0.416 e. The van der Waals surface area contributed by atoms with Crippen LogP contribution in [-0.2, 0) is 11.0 Å². The molecule has 1 aliphatic rings. The summed E-state index contributed by atoms with van der Waals surface area (Å²) < 4.78 is 38.3. The zero-order valence-electron chi connectivity index (χ0n) is 10.4. The number of carbonyl (C=O) groups is 1. The molecule has 20 heavy (non-hydrogen) atoms. The van der Waals surface area contributed by atoms with E-state index in [0.29, 0.717) is 21.3 Å². The summed E-state index contributed by atoms with van der Waals surface area (Å²) in [6, 6.07) is 4.84. The molecule has 0 bridgehead atoms. The molecule has 0 N–H and O–H groups in total. The highest BCUT2D eigenvalue weighted by atomic mass is 32.2. The van der Waals surface area contributed by atoms with E-state index in [9.17, 15) is 18.0 Å². The fraction of sp³-hybridized carbons (Fsp3) is 0.231. The topological polar surface area (TPSA) is 20.3 Å². The lowest BCUT2D eigenvalue weighted by Crippen LogP contribution is -2.27. The molecular formula is C13H10F3NOS2. The van der Waals surface area contributed by atoms with Crippen LogP contribution in [0.5, 0.6) is 0 Å². The second-order valence-corrected chi connectivity index (χ2v) is 5.72. The van der Waals surface area contributed by atoms with E-state index in [4.69, 9.17) is 12.2 Å². The Balaban J connectivity index is 2.33. The highest BCUT2D eigenvalue weighted by Crippen LogP contribution is 2.34. The van der Waals surface area contributed by atoms with Crippen molar-refractivity contribution < 1.29 is 18.0 Å². The number of hydrogen-bond acceptors (Lipinski definition) is 3. The lowest BCUT2D eigenvalue weighted by Gasteiger charge is -2.09. The Bertz CT molecular complexity index is 596. The summed E-state index contributed by atoms with van der Waals surface area (Å²) in [7, 11) is 0. The van der Waals surface area contributed by atoms with E-state index in [0.717, 1.165) is 23.9 Å². The average Bonchev–Trinajstić information content (AvgIpc) is 2.63. The number of thiocarbonyl (C=S) groups is 1. The van der Waals surface area contributed by atoms with Crippen LogP contribution < -0.4 is 0 Å². The summed E-state index contributed by atoms with van der Waals surface area (Å²) in [6.45, 7) is 2.24. The van der Waals surface area contributed by atoms with Gasteiger partial charge >= 0.3 is 6.18 Å². The number of carbonyl (C=O) groups excluding carboxylic acids is 1. The van der Waals surface area contributed by atoms with Crippen molar-refractivity contribution in [1.29, 1.82) is 0 Å². The van der Waals surface area contributed by atoms with E-state index < -0.39 is 11.7 Å². The lowest BCUT2D eigenvalue weighted by atomic mass is 10.1. The van der Waals surface area contributed by atoms with Crippen LogP contribution in [0.25, 0.3) is 6.08 Å². The standard InChI is InChI=1S/C13H10F3NOS2/c1-2-17-11(18)10(20-12(17)19)7-8-4-3-5-9(6-8)13(14,15)16/h3-7H,2H2,1H3/b10-7+. The molecule has 1 saturated heterocycles. The third-order valence-corrected chi connectivity index (χ3v) is 4.08. The first-order chi connectivity index (χ1) is 9.32. The van der Waals surface area contributed by atoms with Crippen LogP contribution >= 0.6 is 24.0 Å². The molecule has 0 saturated carbocycles. The van der Waals surface area contributed by atoms with Gasteiger partial charge in [0.1, 0.15) is 4.32 Å². The molecule has 0 spiro atoms. The van der Waals surface area contributed by atoms with Gasteiger partial charge in [-0.05, 0) is 30.7 Å². The summed E-state index contributed by atoms with van der Waals surface area (Å²) in [5, 5.41) is 0. The smallest absolute Gasteiger partial charge is 0.293 e. The zero-order valence-corrected chi connectivity index (χ0v) is 12.0. The fourth-order valence-electron chi connectivity index (χ4n) is 1.73. The van der Waals surface area contributed by atoms with Gasteiger partial charge in [-0.15, -0.1) is 0 Å². The molecule has 1 aromatic rings. The second kappa shape index (κ2) is 5.57. The van der Waals surface area contributed by atoms with E-state index in [1.54, 1.807) is 6.92 Å². The van der Waals surface area contributed by atoms with E-state index >= 15 is 0 Å². The molecule has 2 nitrogen and oxygen atoms in total. The van der Waals surface area contributed by atoms with Crippen LogP contribution in [0, 0.1) is 0 Å². The largest absolute Gasteiger partial charge is 0.416 e. The molecular weight excluding hydrogens is 307 g/mol. The van der Waals surface area contributed by atoms with Gasteiger partial charge in [0.05, 0.1) is 10.5 Å². The van der Waals surface area contributed by atoms with E-state index in [1.165, 1.54) is 23.1 Å². The number of benzene rings is 1. The number of rotatable bonds is 2. The summed E-state index contributed by atoms with van der Waals surface area (Å²) in [4.78, 5) is 13.7. The maximum atomic E-state index is 12.6. The molecule has 0 aromatic heterocycles. The number of likely N-dealkylation sites (N-methyl/N-ethyl adjacent to an activating group) is 1. The van der Waals surface area contributed by atoms with Crippen molar-refractivity contribution in [2.45, 2.75) is 13.1 Å². The van der Waals surface area contributed by atoms with Gasteiger partial charge in [0.15, 0.2) is 0 Å². The number of halogens is 3. The molecule has 7 heteroatoms.